The van der Waals surface area contributed by atoms with Crippen molar-refractivity contribution in [1.29, 1.82) is 0 Å². The number of carbonyl (C=O) groups excluding carboxylic acids is 1. The molecule has 0 aliphatic heterocycles. The predicted octanol–water partition coefficient (Wildman–Crippen LogP) is 8.74. The maximum atomic E-state index is 13.2. The minimum atomic E-state index is -1.13. The first-order chi connectivity index (χ1) is 26.0. The SMILES string of the molecule is COc1ccc(OC(=O)N(CC(=O)O)[C@@H](CC(C)C)c2ccc(OCc3cn(C)c(-c4ccccc4)n3)cc2)cc1.Cc1cn(C)c(-c2ccccc2)n1. The van der Waals surface area contributed by atoms with E-state index in [1.807, 2.05) is 129 Å². The third-order valence-corrected chi connectivity index (χ3v) is 8.51. The number of methoxy groups -OCH3 is 1. The van der Waals surface area contributed by atoms with Crippen LogP contribution in [0.15, 0.2) is 122 Å². The van der Waals surface area contributed by atoms with Gasteiger partial charge in [0.05, 0.1) is 24.5 Å². The summed E-state index contributed by atoms with van der Waals surface area (Å²) in [6, 6.07) is 33.5. The Kier molecular flexibility index (Phi) is 13.3. The third-order valence-electron chi connectivity index (χ3n) is 8.51. The second-order valence-electron chi connectivity index (χ2n) is 13.3. The average Bonchev–Trinajstić information content (AvgIpc) is 3.73. The Balaban J connectivity index is 0.000000360. The molecule has 11 nitrogen and oxygen atoms in total. The number of imidazole rings is 2. The van der Waals surface area contributed by atoms with Crippen LogP contribution in [-0.4, -0.2) is 54.8 Å². The second-order valence-corrected chi connectivity index (χ2v) is 13.3. The number of carboxylic acid groups (broad SMARTS) is 1. The van der Waals surface area contributed by atoms with Crippen molar-refractivity contribution in [3.63, 3.8) is 0 Å². The molecule has 0 fully saturated rings. The fourth-order valence-corrected chi connectivity index (χ4v) is 6.01. The van der Waals surface area contributed by atoms with Crippen molar-refractivity contribution in [2.45, 2.75) is 39.8 Å². The van der Waals surface area contributed by atoms with E-state index in [4.69, 9.17) is 19.2 Å². The number of aliphatic carboxylic acids is 1. The second kappa shape index (κ2) is 18.4. The first-order valence-corrected chi connectivity index (χ1v) is 17.7. The Morgan fingerprint density at radius 1 is 0.741 bits per heavy atom. The maximum absolute atomic E-state index is 13.2. The average molecular weight is 730 g/mol. The number of nitrogens with zero attached hydrogens (tertiary/aromatic N) is 5. The number of aromatic nitrogens is 4. The molecule has 11 heteroatoms. The highest BCUT2D eigenvalue weighted by atomic mass is 16.6. The van der Waals surface area contributed by atoms with Crippen LogP contribution in [0.4, 0.5) is 4.79 Å². The molecule has 0 radical (unpaired) electrons. The third kappa shape index (κ3) is 10.6. The van der Waals surface area contributed by atoms with Gasteiger partial charge in [-0.25, -0.2) is 14.8 Å². The molecule has 1 N–H and O–H groups in total. The van der Waals surface area contributed by atoms with E-state index in [1.54, 1.807) is 31.4 Å². The van der Waals surface area contributed by atoms with Gasteiger partial charge in [-0.3, -0.25) is 9.69 Å². The van der Waals surface area contributed by atoms with E-state index in [0.717, 1.165) is 39.7 Å². The van der Waals surface area contributed by atoms with E-state index in [9.17, 15) is 14.7 Å². The highest BCUT2D eigenvalue weighted by molar-refractivity contribution is 5.78. The summed E-state index contributed by atoms with van der Waals surface area (Å²) in [6.07, 6.45) is 3.77. The number of benzene rings is 4. The van der Waals surface area contributed by atoms with Crippen molar-refractivity contribution >= 4 is 12.1 Å². The number of carbonyl (C=O) groups is 2. The zero-order chi connectivity index (χ0) is 38.6. The minimum Gasteiger partial charge on any atom is -0.497 e. The molecular formula is C43H47N5O6. The molecule has 0 bridgehead atoms. The summed E-state index contributed by atoms with van der Waals surface area (Å²) < 4.78 is 20.7. The van der Waals surface area contributed by atoms with Crippen molar-refractivity contribution in [2.75, 3.05) is 13.7 Å². The summed E-state index contributed by atoms with van der Waals surface area (Å²) in [5, 5.41) is 9.62. The van der Waals surface area contributed by atoms with E-state index >= 15 is 0 Å². The van der Waals surface area contributed by atoms with E-state index < -0.39 is 24.6 Å². The molecule has 54 heavy (non-hydrogen) atoms. The van der Waals surface area contributed by atoms with Crippen LogP contribution in [0.3, 0.4) is 0 Å². The van der Waals surface area contributed by atoms with Gasteiger partial charge in [0.15, 0.2) is 0 Å². The summed E-state index contributed by atoms with van der Waals surface area (Å²) in [7, 11) is 5.51. The number of aryl methyl sites for hydroxylation is 3. The zero-order valence-electron chi connectivity index (χ0n) is 31.5. The van der Waals surface area contributed by atoms with E-state index in [-0.39, 0.29) is 12.5 Å². The quantitative estimate of drug-likeness (QED) is 0.125. The van der Waals surface area contributed by atoms with Crippen molar-refractivity contribution in [3.8, 4) is 40.0 Å². The Labute approximate surface area is 316 Å². The smallest absolute Gasteiger partial charge is 0.416 e. The molecule has 2 heterocycles. The first-order valence-electron chi connectivity index (χ1n) is 17.7. The summed E-state index contributed by atoms with van der Waals surface area (Å²) in [5.41, 5.74) is 4.82. The largest absolute Gasteiger partial charge is 0.497 e. The Hall–Kier alpha value is -6.36. The molecule has 6 rings (SSSR count). The van der Waals surface area contributed by atoms with Gasteiger partial charge in [0, 0.05) is 37.6 Å². The van der Waals surface area contributed by atoms with Crippen molar-refractivity contribution in [3.05, 3.63) is 139 Å². The monoisotopic (exact) mass is 729 g/mol. The lowest BCUT2D eigenvalue weighted by molar-refractivity contribution is -0.138. The van der Waals surface area contributed by atoms with Gasteiger partial charge in [-0.2, -0.15) is 0 Å². The maximum Gasteiger partial charge on any atom is 0.416 e. The van der Waals surface area contributed by atoms with Gasteiger partial charge in [-0.15, -0.1) is 0 Å². The predicted molar refractivity (Wildman–Crippen MR) is 208 cm³/mol. The van der Waals surface area contributed by atoms with Crippen LogP contribution < -0.4 is 14.2 Å². The molecular weight excluding hydrogens is 683 g/mol. The van der Waals surface area contributed by atoms with Crippen LogP contribution in [0.5, 0.6) is 17.2 Å². The molecule has 280 valence electrons. The molecule has 2 aromatic heterocycles. The molecule has 0 spiro atoms. The fourth-order valence-electron chi connectivity index (χ4n) is 6.01. The fraction of sp³-hybridized carbons (Fsp3) is 0.256. The molecule has 1 amide bonds. The molecule has 0 unspecified atom stereocenters. The van der Waals surface area contributed by atoms with Crippen LogP contribution >= 0.6 is 0 Å². The summed E-state index contributed by atoms with van der Waals surface area (Å²) in [6.45, 7) is 5.83. The first kappa shape index (κ1) is 38.9. The molecule has 0 aliphatic carbocycles. The number of amides is 1. The van der Waals surface area contributed by atoms with Gasteiger partial charge in [-0.05, 0) is 61.2 Å². The zero-order valence-corrected chi connectivity index (χ0v) is 31.5. The normalized spacial score (nSPS) is 11.3. The topological polar surface area (TPSA) is 121 Å². The van der Waals surface area contributed by atoms with Gasteiger partial charge in [0.1, 0.15) is 42.0 Å². The number of rotatable bonds is 13. The van der Waals surface area contributed by atoms with Crippen LogP contribution in [-0.2, 0) is 25.5 Å². The van der Waals surface area contributed by atoms with Gasteiger partial charge in [-0.1, -0.05) is 86.6 Å². The van der Waals surface area contributed by atoms with Gasteiger partial charge in [0.25, 0.3) is 0 Å². The van der Waals surface area contributed by atoms with Gasteiger partial charge < -0.3 is 28.5 Å². The summed E-state index contributed by atoms with van der Waals surface area (Å²) in [4.78, 5) is 35.4. The van der Waals surface area contributed by atoms with Crippen molar-refractivity contribution in [2.24, 2.45) is 20.0 Å². The van der Waals surface area contributed by atoms with Crippen molar-refractivity contribution in [1.82, 2.24) is 24.0 Å². The van der Waals surface area contributed by atoms with Gasteiger partial charge in [0.2, 0.25) is 0 Å². The highest BCUT2D eigenvalue weighted by Crippen LogP contribution is 2.31. The van der Waals surface area contributed by atoms with E-state index in [2.05, 4.69) is 17.1 Å². The number of ether oxygens (including phenoxy) is 3. The van der Waals surface area contributed by atoms with E-state index in [1.165, 1.54) is 4.90 Å². The lowest BCUT2D eigenvalue weighted by Gasteiger charge is -2.31. The Morgan fingerprint density at radius 2 is 1.28 bits per heavy atom. The lowest BCUT2D eigenvalue weighted by atomic mass is 9.95. The lowest BCUT2D eigenvalue weighted by Crippen LogP contribution is -2.41. The molecule has 1 atom stereocenters. The number of hydrogen-bond donors (Lipinski definition) is 1. The van der Waals surface area contributed by atoms with Crippen molar-refractivity contribution < 1.29 is 28.9 Å². The Morgan fingerprint density at radius 3 is 1.80 bits per heavy atom. The highest BCUT2D eigenvalue weighted by Gasteiger charge is 2.30. The summed E-state index contributed by atoms with van der Waals surface area (Å²) >= 11 is 0. The molecule has 0 saturated carbocycles. The minimum absolute atomic E-state index is 0.184. The van der Waals surface area contributed by atoms with E-state index in [0.29, 0.717) is 23.7 Å². The molecule has 4 aromatic carbocycles. The Bertz CT molecular complexity index is 2090. The van der Waals surface area contributed by atoms with Crippen LogP contribution in [0, 0.1) is 12.8 Å². The van der Waals surface area contributed by atoms with Crippen LogP contribution in [0.2, 0.25) is 0 Å². The molecule has 6 aromatic rings. The number of carboxylic acids is 1. The number of hydrogen-bond acceptors (Lipinski definition) is 7. The molecule has 0 aliphatic rings. The van der Waals surface area contributed by atoms with Crippen LogP contribution in [0.25, 0.3) is 22.8 Å². The van der Waals surface area contributed by atoms with Crippen LogP contribution in [0.1, 0.15) is 43.3 Å². The molecule has 0 saturated heterocycles. The standard InChI is InChI=1S/C32H35N3O6.C11H12N2/c1-22(2)18-29(35(20-30(36)37)32(38)41-28-16-14-26(39-4)15-17-28)23-10-12-27(13-11-23)40-21-25-19-34(3)31(33-25)24-8-6-5-7-9-24;1-9-8-13(2)11(12-9)10-6-4-3-5-7-10/h5-17,19,22,29H,18,20-21H2,1-4H3,(H,36,37);3-8H,1-2H3/t29-;/m0./s1. The van der Waals surface area contributed by atoms with Gasteiger partial charge >= 0.3 is 12.1 Å². The summed E-state index contributed by atoms with van der Waals surface area (Å²) in [5.74, 6) is 2.48.